The first-order valence-electron chi connectivity index (χ1n) is 3.87. The first kappa shape index (κ1) is 11.9. The van der Waals surface area contributed by atoms with E-state index in [1.807, 2.05) is 5.32 Å². The van der Waals surface area contributed by atoms with Crippen LogP contribution in [0.3, 0.4) is 0 Å². The average Bonchev–Trinajstić information content (AvgIpc) is 1.80. The Hall–Kier alpha value is -1.14. The zero-order chi connectivity index (χ0) is 10.4. The molecular formula is C7H15N3O3. The largest absolute Gasteiger partial charge is 0.392 e. The van der Waals surface area contributed by atoms with Crippen LogP contribution in [-0.2, 0) is 4.79 Å². The fourth-order valence-corrected chi connectivity index (χ4v) is 0.938. The van der Waals surface area contributed by atoms with Crippen molar-refractivity contribution >= 4 is 11.9 Å². The highest BCUT2D eigenvalue weighted by molar-refractivity contribution is 5.94. The standard InChI is InChI=1S/C7H15N3O3/c1-5(11)3-10(2)4-6(12)9-7(8)13/h5,11H,3-4H2,1-2H3,(H3,8,9,12,13). The van der Waals surface area contributed by atoms with E-state index in [9.17, 15) is 9.59 Å². The van der Waals surface area contributed by atoms with Crippen molar-refractivity contribution in [1.82, 2.24) is 10.2 Å². The van der Waals surface area contributed by atoms with Gasteiger partial charge in [-0.3, -0.25) is 15.0 Å². The van der Waals surface area contributed by atoms with Gasteiger partial charge in [-0.15, -0.1) is 0 Å². The molecule has 0 aliphatic heterocycles. The fraction of sp³-hybridized carbons (Fsp3) is 0.714. The Kier molecular flexibility index (Phi) is 5.01. The van der Waals surface area contributed by atoms with E-state index in [1.54, 1.807) is 18.9 Å². The van der Waals surface area contributed by atoms with Crippen molar-refractivity contribution < 1.29 is 14.7 Å². The highest BCUT2D eigenvalue weighted by atomic mass is 16.3. The first-order chi connectivity index (χ1) is 5.91. The van der Waals surface area contributed by atoms with Gasteiger partial charge in [0.2, 0.25) is 5.91 Å². The topological polar surface area (TPSA) is 95.7 Å². The van der Waals surface area contributed by atoms with Crippen LogP contribution in [-0.4, -0.2) is 48.2 Å². The Morgan fingerprint density at radius 1 is 1.62 bits per heavy atom. The number of rotatable bonds is 4. The molecule has 6 nitrogen and oxygen atoms in total. The van der Waals surface area contributed by atoms with Gasteiger partial charge in [-0.25, -0.2) is 4.79 Å². The smallest absolute Gasteiger partial charge is 0.318 e. The summed E-state index contributed by atoms with van der Waals surface area (Å²) in [4.78, 5) is 22.7. The Morgan fingerprint density at radius 3 is 2.54 bits per heavy atom. The summed E-state index contributed by atoms with van der Waals surface area (Å²) in [7, 11) is 1.66. The van der Waals surface area contributed by atoms with Crippen LogP contribution in [0.25, 0.3) is 0 Å². The summed E-state index contributed by atoms with van der Waals surface area (Å²) in [6.07, 6.45) is -0.508. The van der Waals surface area contributed by atoms with Gasteiger partial charge in [0.15, 0.2) is 0 Å². The zero-order valence-corrected chi connectivity index (χ0v) is 7.78. The van der Waals surface area contributed by atoms with Crippen molar-refractivity contribution in [2.24, 2.45) is 5.73 Å². The van der Waals surface area contributed by atoms with E-state index in [0.29, 0.717) is 6.54 Å². The predicted molar refractivity (Wildman–Crippen MR) is 46.9 cm³/mol. The molecule has 1 unspecified atom stereocenters. The SMILES string of the molecule is CC(O)CN(C)CC(=O)NC(N)=O. The number of urea groups is 1. The number of likely N-dealkylation sites (N-methyl/N-ethyl adjacent to an activating group) is 1. The molecule has 3 amide bonds. The lowest BCUT2D eigenvalue weighted by molar-refractivity contribution is -0.121. The summed E-state index contributed by atoms with van der Waals surface area (Å²) >= 11 is 0. The van der Waals surface area contributed by atoms with E-state index in [1.165, 1.54) is 0 Å². The van der Waals surface area contributed by atoms with Gasteiger partial charge in [-0.2, -0.15) is 0 Å². The third kappa shape index (κ3) is 7.23. The zero-order valence-electron chi connectivity index (χ0n) is 7.78. The van der Waals surface area contributed by atoms with Crippen molar-refractivity contribution in [3.05, 3.63) is 0 Å². The van der Waals surface area contributed by atoms with Crippen LogP contribution in [0.15, 0.2) is 0 Å². The number of nitrogens with one attached hydrogen (secondary N) is 1. The number of imide groups is 1. The lowest BCUT2D eigenvalue weighted by Gasteiger charge is -2.16. The van der Waals surface area contributed by atoms with E-state index in [0.717, 1.165) is 0 Å². The number of hydrogen-bond acceptors (Lipinski definition) is 4. The predicted octanol–water partition coefficient (Wildman–Crippen LogP) is -1.51. The van der Waals surface area contributed by atoms with Crippen LogP contribution < -0.4 is 11.1 Å². The minimum Gasteiger partial charge on any atom is -0.392 e. The van der Waals surface area contributed by atoms with Gasteiger partial charge in [-0.05, 0) is 14.0 Å². The molecule has 0 spiro atoms. The average molecular weight is 189 g/mol. The number of amides is 3. The fourth-order valence-electron chi connectivity index (χ4n) is 0.938. The Balaban J connectivity index is 3.71. The van der Waals surface area contributed by atoms with E-state index in [-0.39, 0.29) is 6.54 Å². The van der Waals surface area contributed by atoms with Crippen molar-refractivity contribution in [1.29, 1.82) is 0 Å². The van der Waals surface area contributed by atoms with E-state index in [4.69, 9.17) is 10.8 Å². The minimum absolute atomic E-state index is 0.0356. The van der Waals surface area contributed by atoms with Crippen molar-refractivity contribution in [2.75, 3.05) is 20.1 Å². The van der Waals surface area contributed by atoms with Gasteiger partial charge in [0.1, 0.15) is 0 Å². The minimum atomic E-state index is -0.865. The van der Waals surface area contributed by atoms with Crippen molar-refractivity contribution in [2.45, 2.75) is 13.0 Å². The summed E-state index contributed by atoms with van der Waals surface area (Å²) in [6.45, 7) is 2.02. The number of carbonyl (C=O) groups is 2. The van der Waals surface area contributed by atoms with Crippen LogP contribution in [0.1, 0.15) is 6.92 Å². The van der Waals surface area contributed by atoms with E-state index >= 15 is 0 Å². The molecule has 76 valence electrons. The summed E-state index contributed by atoms with van der Waals surface area (Å²) in [5, 5.41) is 10.9. The van der Waals surface area contributed by atoms with Gasteiger partial charge < -0.3 is 10.8 Å². The summed E-state index contributed by atoms with van der Waals surface area (Å²) < 4.78 is 0. The quantitative estimate of drug-likeness (QED) is 0.501. The van der Waals surface area contributed by atoms with Gasteiger partial charge in [0.25, 0.3) is 0 Å². The second-order valence-corrected chi connectivity index (χ2v) is 2.96. The molecule has 0 aromatic heterocycles. The lowest BCUT2D eigenvalue weighted by atomic mass is 10.3. The molecule has 0 fully saturated rings. The molecule has 6 heteroatoms. The van der Waals surface area contributed by atoms with Crippen molar-refractivity contribution in [3.63, 3.8) is 0 Å². The molecule has 0 bridgehead atoms. The van der Waals surface area contributed by atoms with Gasteiger partial charge in [0.05, 0.1) is 12.6 Å². The number of carbonyl (C=O) groups excluding carboxylic acids is 2. The lowest BCUT2D eigenvalue weighted by Crippen LogP contribution is -2.42. The van der Waals surface area contributed by atoms with Gasteiger partial charge >= 0.3 is 6.03 Å². The highest BCUT2D eigenvalue weighted by Crippen LogP contribution is 1.86. The molecule has 0 aromatic rings. The van der Waals surface area contributed by atoms with E-state index < -0.39 is 18.0 Å². The molecule has 0 aliphatic carbocycles. The molecule has 0 saturated carbocycles. The number of hydrogen-bond donors (Lipinski definition) is 3. The second kappa shape index (κ2) is 5.50. The Bertz CT molecular complexity index is 193. The molecule has 0 aliphatic rings. The maximum absolute atomic E-state index is 10.9. The molecule has 0 rings (SSSR count). The second-order valence-electron chi connectivity index (χ2n) is 2.96. The van der Waals surface area contributed by atoms with Crippen LogP contribution in [0.4, 0.5) is 4.79 Å². The van der Waals surface area contributed by atoms with Crippen molar-refractivity contribution in [3.8, 4) is 0 Å². The molecule has 1 atom stereocenters. The molecular weight excluding hydrogens is 174 g/mol. The number of nitrogens with two attached hydrogens (primary N) is 1. The monoisotopic (exact) mass is 189 g/mol. The molecule has 4 N–H and O–H groups in total. The van der Waals surface area contributed by atoms with Crippen LogP contribution in [0, 0.1) is 0 Å². The maximum atomic E-state index is 10.9. The molecule has 0 radical (unpaired) electrons. The van der Waals surface area contributed by atoms with Gasteiger partial charge in [0, 0.05) is 6.54 Å². The third-order valence-corrected chi connectivity index (χ3v) is 1.25. The number of aliphatic hydroxyl groups excluding tert-OH is 1. The third-order valence-electron chi connectivity index (χ3n) is 1.25. The summed E-state index contributed by atoms with van der Waals surface area (Å²) in [5.41, 5.74) is 4.73. The Labute approximate surface area is 76.7 Å². The maximum Gasteiger partial charge on any atom is 0.318 e. The number of nitrogens with zero attached hydrogens (tertiary/aromatic N) is 1. The van der Waals surface area contributed by atoms with Gasteiger partial charge in [-0.1, -0.05) is 0 Å². The normalized spacial score (nSPS) is 12.6. The molecule has 0 aromatic carbocycles. The van der Waals surface area contributed by atoms with E-state index in [2.05, 4.69) is 0 Å². The summed E-state index contributed by atoms with van der Waals surface area (Å²) in [6, 6.07) is -0.865. The first-order valence-corrected chi connectivity index (χ1v) is 3.87. The summed E-state index contributed by atoms with van der Waals surface area (Å²) in [5.74, 6) is -0.476. The van der Waals surface area contributed by atoms with Crippen LogP contribution in [0.2, 0.25) is 0 Å². The van der Waals surface area contributed by atoms with Crippen LogP contribution >= 0.6 is 0 Å². The molecule has 13 heavy (non-hydrogen) atoms. The Morgan fingerprint density at radius 2 is 2.15 bits per heavy atom. The molecule has 0 heterocycles. The number of primary amides is 1. The van der Waals surface area contributed by atoms with Crippen LogP contribution in [0.5, 0.6) is 0 Å². The molecule has 0 saturated heterocycles. The number of aliphatic hydroxyl groups is 1. The highest BCUT2D eigenvalue weighted by Gasteiger charge is 2.09.